The molecule has 0 radical (unpaired) electrons. The zero-order valence-corrected chi connectivity index (χ0v) is 9.49. The van der Waals surface area contributed by atoms with E-state index in [0.717, 1.165) is 0 Å². The molecular formula is C11H14ClNO2. The maximum Gasteiger partial charge on any atom is 0.127 e. The second-order valence-corrected chi connectivity index (χ2v) is 3.95. The van der Waals surface area contributed by atoms with Crippen molar-refractivity contribution < 1.29 is 10.2 Å². The van der Waals surface area contributed by atoms with E-state index >= 15 is 0 Å². The maximum absolute atomic E-state index is 9.67. The van der Waals surface area contributed by atoms with E-state index in [4.69, 9.17) is 11.6 Å². The number of benzene rings is 1. The first-order valence-electron chi connectivity index (χ1n) is 4.53. The summed E-state index contributed by atoms with van der Waals surface area (Å²) in [5.74, 6) is 0.0351. The van der Waals surface area contributed by atoms with Crippen molar-refractivity contribution in [3.05, 3.63) is 34.9 Å². The van der Waals surface area contributed by atoms with Crippen molar-refractivity contribution in [2.24, 2.45) is 0 Å². The number of aliphatic hydroxyl groups is 1. The van der Waals surface area contributed by atoms with Gasteiger partial charge in [-0.15, -0.1) is 0 Å². The third-order valence-corrected chi connectivity index (χ3v) is 2.12. The Morgan fingerprint density at radius 1 is 1.47 bits per heavy atom. The number of hydrogen-bond donors (Lipinski definition) is 2. The third-order valence-electron chi connectivity index (χ3n) is 1.89. The standard InChI is InChI=1S/C11H14ClNO2/c1-13(2)6-5-10(14)9-4-3-8(12)7-11(9)15/h3-5,7,14-15H,6H2,1-2H3/b10-5-. The molecule has 0 saturated carbocycles. The molecule has 4 heteroatoms. The molecule has 0 aromatic heterocycles. The molecule has 2 N–H and O–H groups in total. The molecule has 0 amide bonds. The van der Waals surface area contributed by atoms with Crippen molar-refractivity contribution in [1.82, 2.24) is 4.90 Å². The van der Waals surface area contributed by atoms with E-state index in [0.29, 0.717) is 17.1 Å². The van der Waals surface area contributed by atoms with Gasteiger partial charge < -0.3 is 15.1 Å². The van der Waals surface area contributed by atoms with Gasteiger partial charge in [-0.3, -0.25) is 0 Å². The summed E-state index contributed by atoms with van der Waals surface area (Å²) in [6, 6.07) is 4.60. The van der Waals surface area contributed by atoms with E-state index in [2.05, 4.69) is 0 Å². The smallest absolute Gasteiger partial charge is 0.127 e. The van der Waals surface area contributed by atoms with Crippen LogP contribution in [0.4, 0.5) is 0 Å². The Morgan fingerprint density at radius 3 is 2.67 bits per heavy atom. The first-order chi connectivity index (χ1) is 7.00. The minimum atomic E-state index is -0.0185. The molecule has 1 aromatic carbocycles. The van der Waals surface area contributed by atoms with Crippen molar-refractivity contribution in [3.8, 4) is 5.75 Å². The molecule has 0 bridgehead atoms. The highest BCUT2D eigenvalue weighted by molar-refractivity contribution is 6.30. The number of halogens is 1. The number of rotatable bonds is 3. The normalized spacial score (nSPS) is 12.1. The van der Waals surface area contributed by atoms with E-state index in [1.807, 2.05) is 19.0 Å². The minimum Gasteiger partial charge on any atom is -0.507 e. The predicted octanol–water partition coefficient (Wildman–Crippen LogP) is 2.51. The van der Waals surface area contributed by atoms with Crippen molar-refractivity contribution in [2.45, 2.75) is 0 Å². The van der Waals surface area contributed by atoms with Crippen molar-refractivity contribution >= 4 is 17.4 Å². The largest absolute Gasteiger partial charge is 0.507 e. The van der Waals surface area contributed by atoms with Gasteiger partial charge in [0.25, 0.3) is 0 Å². The molecule has 3 nitrogen and oxygen atoms in total. The Labute approximate surface area is 94.2 Å². The number of phenolic OH excluding ortho intramolecular Hbond substituents is 1. The lowest BCUT2D eigenvalue weighted by molar-refractivity contribution is 0.441. The lowest BCUT2D eigenvalue weighted by Crippen LogP contribution is -2.11. The number of aliphatic hydroxyl groups excluding tert-OH is 1. The van der Waals surface area contributed by atoms with Gasteiger partial charge in [0.15, 0.2) is 0 Å². The molecule has 0 aliphatic heterocycles. The summed E-state index contributed by atoms with van der Waals surface area (Å²) < 4.78 is 0. The Hall–Kier alpha value is -1.19. The van der Waals surface area contributed by atoms with Crippen LogP contribution in [0.15, 0.2) is 24.3 Å². The van der Waals surface area contributed by atoms with Crippen LogP contribution < -0.4 is 0 Å². The average Bonchev–Trinajstić information content (AvgIpc) is 2.14. The topological polar surface area (TPSA) is 43.7 Å². The molecule has 0 aliphatic rings. The Bertz CT molecular complexity index is 375. The molecule has 0 aliphatic carbocycles. The predicted molar refractivity (Wildman–Crippen MR) is 62.3 cm³/mol. The summed E-state index contributed by atoms with van der Waals surface area (Å²) in [5, 5.41) is 19.6. The van der Waals surface area contributed by atoms with Gasteiger partial charge in [-0.25, -0.2) is 0 Å². The highest BCUT2D eigenvalue weighted by Crippen LogP contribution is 2.26. The van der Waals surface area contributed by atoms with Gasteiger partial charge in [0, 0.05) is 11.6 Å². The van der Waals surface area contributed by atoms with Crippen LogP contribution in [-0.2, 0) is 0 Å². The number of aromatic hydroxyl groups is 1. The summed E-state index contributed by atoms with van der Waals surface area (Å²) in [4.78, 5) is 1.91. The molecule has 0 fully saturated rings. The molecule has 0 saturated heterocycles. The summed E-state index contributed by atoms with van der Waals surface area (Å²) in [5.41, 5.74) is 0.390. The van der Waals surface area contributed by atoms with Gasteiger partial charge >= 0.3 is 0 Å². The van der Waals surface area contributed by atoms with E-state index < -0.39 is 0 Å². The van der Waals surface area contributed by atoms with Crippen molar-refractivity contribution in [1.29, 1.82) is 0 Å². The second-order valence-electron chi connectivity index (χ2n) is 3.51. The number of nitrogens with zero attached hydrogens (tertiary/aromatic N) is 1. The molecule has 0 unspecified atom stereocenters. The molecule has 1 aromatic rings. The third kappa shape index (κ3) is 3.46. The van der Waals surface area contributed by atoms with Gasteiger partial charge in [0.05, 0.1) is 5.56 Å². The molecule has 0 atom stereocenters. The summed E-state index contributed by atoms with van der Waals surface area (Å²) in [6.07, 6.45) is 1.63. The Balaban J connectivity index is 2.91. The average molecular weight is 228 g/mol. The van der Waals surface area contributed by atoms with Gasteiger partial charge in [-0.2, -0.15) is 0 Å². The number of likely N-dealkylation sites (N-methyl/N-ethyl adjacent to an activating group) is 1. The molecule has 15 heavy (non-hydrogen) atoms. The fourth-order valence-electron chi connectivity index (χ4n) is 1.10. The zero-order valence-electron chi connectivity index (χ0n) is 8.74. The SMILES string of the molecule is CN(C)C/C=C(\O)c1ccc(Cl)cc1O. The van der Waals surface area contributed by atoms with Crippen LogP contribution in [0.1, 0.15) is 5.56 Å². The van der Waals surface area contributed by atoms with Crippen LogP contribution in [0.5, 0.6) is 5.75 Å². The summed E-state index contributed by atoms with van der Waals surface area (Å²) in [6.45, 7) is 0.605. The second kappa shape index (κ2) is 5.05. The van der Waals surface area contributed by atoms with E-state index in [1.54, 1.807) is 18.2 Å². The van der Waals surface area contributed by atoms with Crippen LogP contribution in [0.3, 0.4) is 0 Å². The maximum atomic E-state index is 9.67. The molecule has 1 rings (SSSR count). The fourth-order valence-corrected chi connectivity index (χ4v) is 1.27. The van der Waals surface area contributed by atoms with Gasteiger partial charge in [-0.1, -0.05) is 11.6 Å². The first-order valence-corrected chi connectivity index (χ1v) is 4.91. The van der Waals surface area contributed by atoms with Crippen molar-refractivity contribution in [3.63, 3.8) is 0 Å². The molecular weight excluding hydrogens is 214 g/mol. The molecule has 82 valence electrons. The first kappa shape index (κ1) is 11.9. The van der Waals surface area contributed by atoms with Crippen LogP contribution in [0, 0.1) is 0 Å². The fraction of sp³-hybridized carbons (Fsp3) is 0.273. The van der Waals surface area contributed by atoms with Gasteiger partial charge in [0.1, 0.15) is 11.5 Å². The highest BCUT2D eigenvalue weighted by Gasteiger charge is 2.05. The van der Waals surface area contributed by atoms with Crippen LogP contribution >= 0.6 is 11.6 Å². The summed E-state index contributed by atoms with van der Waals surface area (Å²) in [7, 11) is 3.79. The quantitative estimate of drug-likeness (QED) is 0.780. The Morgan fingerprint density at radius 2 is 2.13 bits per heavy atom. The van der Waals surface area contributed by atoms with Crippen LogP contribution in [-0.4, -0.2) is 35.8 Å². The zero-order chi connectivity index (χ0) is 11.4. The van der Waals surface area contributed by atoms with Gasteiger partial charge in [0.2, 0.25) is 0 Å². The van der Waals surface area contributed by atoms with E-state index in [1.165, 1.54) is 6.07 Å². The van der Waals surface area contributed by atoms with Crippen LogP contribution in [0.25, 0.3) is 5.76 Å². The van der Waals surface area contributed by atoms with Crippen LogP contribution in [0.2, 0.25) is 5.02 Å². The number of phenols is 1. The highest BCUT2D eigenvalue weighted by atomic mass is 35.5. The van der Waals surface area contributed by atoms with Gasteiger partial charge in [-0.05, 0) is 38.4 Å². The monoisotopic (exact) mass is 227 g/mol. The number of hydrogen-bond acceptors (Lipinski definition) is 3. The lowest BCUT2D eigenvalue weighted by atomic mass is 10.1. The molecule has 0 heterocycles. The minimum absolute atomic E-state index is 0.0185. The summed E-state index contributed by atoms with van der Waals surface area (Å²) >= 11 is 5.68. The Kier molecular flexibility index (Phi) is 4.00. The molecule has 0 spiro atoms. The van der Waals surface area contributed by atoms with E-state index in [9.17, 15) is 10.2 Å². The van der Waals surface area contributed by atoms with E-state index in [-0.39, 0.29) is 11.5 Å². The lowest BCUT2D eigenvalue weighted by Gasteiger charge is -2.07. The van der Waals surface area contributed by atoms with Crippen molar-refractivity contribution in [2.75, 3.05) is 20.6 Å².